The highest BCUT2D eigenvalue weighted by Crippen LogP contribution is 2.24. The zero-order valence-corrected chi connectivity index (χ0v) is 9.74. The van der Waals surface area contributed by atoms with E-state index in [-0.39, 0.29) is 11.5 Å². The fourth-order valence-corrected chi connectivity index (χ4v) is 1.02. The molecule has 0 heterocycles. The molecule has 1 atom stereocenters. The van der Waals surface area contributed by atoms with E-state index >= 15 is 0 Å². The molecule has 0 radical (unpaired) electrons. The van der Waals surface area contributed by atoms with Gasteiger partial charge in [0.05, 0.1) is 11.6 Å². The first-order valence-corrected chi connectivity index (χ1v) is 5.10. The van der Waals surface area contributed by atoms with E-state index in [0.29, 0.717) is 5.56 Å². The minimum atomic E-state index is 0.0998. The molecule has 1 unspecified atom stereocenters. The second kappa shape index (κ2) is 4.35. The summed E-state index contributed by atoms with van der Waals surface area (Å²) < 4.78 is 5.77. The van der Waals surface area contributed by atoms with Crippen LogP contribution in [0.25, 0.3) is 0 Å². The SMILES string of the molecule is CC(Oc1cccc(C#N)c1)C(C)(C)C. The predicted octanol–water partition coefficient (Wildman–Crippen LogP) is 3.37. The Morgan fingerprint density at radius 3 is 2.53 bits per heavy atom. The Morgan fingerprint density at radius 1 is 1.33 bits per heavy atom. The topological polar surface area (TPSA) is 33.0 Å². The quantitative estimate of drug-likeness (QED) is 0.738. The van der Waals surface area contributed by atoms with Gasteiger partial charge < -0.3 is 4.74 Å². The first-order valence-electron chi connectivity index (χ1n) is 5.10. The molecule has 0 N–H and O–H groups in total. The van der Waals surface area contributed by atoms with Gasteiger partial charge in [-0.15, -0.1) is 0 Å². The Hall–Kier alpha value is -1.49. The van der Waals surface area contributed by atoms with Crippen molar-refractivity contribution >= 4 is 0 Å². The summed E-state index contributed by atoms with van der Waals surface area (Å²) in [6.07, 6.45) is 0.117. The Morgan fingerprint density at radius 2 is 2.00 bits per heavy atom. The molecule has 80 valence electrons. The molecule has 0 spiro atoms. The van der Waals surface area contributed by atoms with Crippen LogP contribution in [0.4, 0.5) is 0 Å². The minimum absolute atomic E-state index is 0.0998. The highest BCUT2D eigenvalue weighted by Gasteiger charge is 2.21. The summed E-state index contributed by atoms with van der Waals surface area (Å²) in [5.74, 6) is 0.761. The molecule has 1 aromatic rings. The third kappa shape index (κ3) is 3.28. The normalized spacial score (nSPS) is 13.0. The van der Waals surface area contributed by atoms with E-state index in [4.69, 9.17) is 10.00 Å². The Bertz CT molecular complexity index is 371. The first-order chi connectivity index (χ1) is 6.93. The Kier molecular flexibility index (Phi) is 3.36. The highest BCUT2D eigenvalue weighted by atomic mass is 16.5. The van der Waals surface area contributed by atoms with Crippen LogP contribution in [0.15, 0.2) is 24.3 Å². The summed E-state index contributed by atoms with van der Waals surface area (Å²) in [4.78, 5) is 0. The summed E-state index contributed by atoms with van der Waals surface area (Å²) in [5.41, 5.74) is 0.733. The van der Waals surface area contributed by atoms with Gasteiger partial charge in [-0.25, -0.2) is 0 Å². The van der Waals surface area contributed by atoms with Crippen molar-refractivity contribution in [2.45, 2.75) is 33.8 Å². The number of rotatable bonds is 2. The number of hydrogen-bond acceptors (Lipinski definition) is 2. The maximum absolute atomic E-state index is 8.75. The zero-order valence-electron chi connectivity index (χ0n) is 9.74. The van der Waals surface area contributed by atoms with Crippen LogP contribution in [-0.4, -0.2) is 6.10 Å². The molecule has 2 nitrogen and oxygen atoms in total. The fourth-order valence-electron chi connectivity index (χ4n) is 1.02. The molecule has 0 saturated carbocycles. The van der Waals surface area contributed by atoms with E-state index in [1.165, 1.54) is 0 Å². The lowest BCUT2D eigenvalue weighted by molar-refractivity contribution is 0.103. The molecule has 0 saturated heterocycles. The monoisotopic (exact) mass is 203 g/mol. The minimum Gasteiger partial charge on any atom is -0.490 e. The van der Waals surface area contributed by atoms with Crippen LogP contribution in [0.5, 0.6) is 5.75 Å². The lowest BCUT2D eigenvalue weighted by Crippen LogP contribution is -2.28. The van der Waals surface area contributed by atoms with Gasteiger partial charge in [-0.3, -0.25) is 0 Å². The largest absolute Gasteiger partial charge is 0.490 e. The van der Waals surface area contributed by atoms with Crippen molar-refractivity contribution in [1.82, 2.24) is 0 Å². The number of nitrogens with zero attached hydrogens (tertiary/aromatic N) is 1. The smallest absolute Gasteiger partial charge is 0.121 e. The van der Waals surface area contributed by atoms with E-state index in [0.717, 1.165) is 5.75 Å². The van der Waals surface area contributed by atoms with Gasteiger partial charge in [0.1, 0.15) is 11.9 Å². The maximum atomic E-state index is 8.75. The molecule has 0 amide bonds. The molecule has 2 heteroatoms. The van der Waals surface area contributed by atoms with Crippen molar-refractivity contribution in [3.8, 4) is 11.8 Å². The summed E-state index contributed by atoms with van der Waals surface area (Å²) in [7, 11) is 0. The van der Waals surface area contributed by atoms with Gasteiger partial charge in [0.2, 0.25) is 0 Å². The lowest BCUT2D eigenvalue weighted by Gasteiger charge is -2.27. The average molecular weight is 203 g/mol. The van der Waals surface area contributed by atoms with Crippen molar-refractivity contribution in [1.29, 1.82) is 5.26 Å². The fraction of sp³-hybridized carbons (Fsp3) is 0.462. The summed E-state index contributed by atoms with van der Waals surface area (Å²) in [6, 6.07) is 9.35. The molecule has 1 rings (SSSR count). The van der Waals surface area contributed by atoms with Crippen molar-refractivity contribution < 1.29 is 4.74 Å². The van der Waals surface area contributed by atoms with Crippen LogP contribution in [0.1, 0.15) is 33.3 Å². The van der Waals surface area contributed by atoms with Gasteiger partial charge in [0.15, 0.2) is 0 Å². The van der Waals surface area contributed by atoms with Gasteiger partial charge in [-0.1, -0.05) is 26.8 Å². The summed E-state index contributed by atoms with van der Waals surface area (Å²) >= 11 is 0. The maximum Gasteiger partial charge on any atom is 0.121 e. The van der Waals surface area contributed by atoms with Crippen molar-refractivity contribution in [2.24, 2.45) is 5.41 Å². The van der Waals surface area contributed by atoms with Gasteiger partial charge >= 0.3 is 0 Å². The third-order valence-electron chi connectivity index (χ3n) is 2.50. The molecule has 0 aromatic heterocycles. The summed E-state index contributed by atoms with van der Waals surface area (Å²) in [6.45, 7) is 8.43. The third-order valence-corrected chi connectivity index (χ3v) is 2.50. The molecule has 0 aliphatic rings. The molecule has 0 bridgehead atoms. The van der Waals surface area contributed by atoms with Crippen molar-refractivity contribution in [3.05, 3.63) is 29.8 Å². The van der Waals surface area contributed by atoms with Crippen LogP contribution >= 0.6 is 0 Å². The van der Waals surface area contributed by atoms with Crippen LogP contribution in [0.3, 0.4) is 0 Å². The van der Waals surface area contributed by atoms with Crippen molar-refractivity contribution in [2.75, 3.05) is 0 Å². The van der Waals surface area contributed by atoms with Crippen LogP contribution in [0, 0.1) is 16.7 Å². The van der Waals surface area contributed by atoms with Crippen LogP contribution in [0.2, 0.25) is 0 Å². The first kappa shape index (κ1) is 11.6. The number of benzene rings is 1. The second-order valence-electron chi connectivity index (χ2n) is 4.77. The lowest BCUT2D eigenvalue weighted by atomic mass is 9.90. The summed E-state index contributed by atoms with van der Waals surface area (Å²) in [5, 5.41) is 8.75. The molecular formula is C13H17NO. The second-order valence-corrected chi connectivity index (χ2v) is 4.77. The zero-order chi connectivity index (χ0) is 11.5. The van der Waals surface area contributed by atoms with E-state index < -0.39 is 0 Å². The van der Waals surface area contributed by atoms with Gasteiger partial charge in [-0.2, -0.15) is 5.26 Å². The molecule has 0 aliphatic heterocycles. The van der Waals surface area contributed by atoms with Gasteiger partial charge in [0, 0.05) is 0 Å². The van der Waals surface area contributed by atoms with Gasteiger partial charge in [0.25, 0.3) is 0 Å². The molecule has 15 heavy (non-hydrogen) atoms. The van der Waals surface area contributed by atoms with E-state index in [1.807, 2.05) is 19.1 Å². The number of hydrogen-bond donors (Lipinski definition) is 0. The van der Waals surface area contributed by atoms with Gasteiger partial charge in [-0.05, 0) is 30.5 Å². The molecule has 0 fully saturated rings. The van der Waals surface area contributed by atoms with E-state index in [1.54, 1.807) is 12.1 Å². The van der Waals surface area contributed by atoms with E-state index in [9.17, 15) is 0 Å². The Labute approximate surface area is 91.5 Å². The highest BCUT2D eigenvalue weighted by molar-refractivity contribution is 5.36. The number of ether oxygens (including phenoxy) is 1. The molecule has 0 aliphatic carbocycles. The molecule has 1 aromatic carbocycles. The average Bonchev–Trinajstić information content (AvgIpc) is 2.16. The number of nitriles is 1. The van der Waals surface area contributed by atoms with Crippen molar-refractivity contribution in [3.63, 3.8) is 0 Å². The standard InChI is InChI=1S/C13H17NO/c1-10(13(2,3)4)15-12-7-5-6-11(8-12)9-14/h5-8,10H,1-4H3. The van der Waals surface area contributed by atoms with E-state index in [2.05, 4.69) is 26.8 Å². The van der Waals surface area contributed by atoms with Crippen LogP contribution < -0.4 is 4.74 Å². The predicted molar refractivity (Wildman–Crippen MR) is 60.7 cm³/mol. The Balaban J connectivity index is 2.78. The molecular weight excluding hydrogens is 186 g/mol. The van der Waals surface area contributed by atoms with Crippen LogP contribution in [-0.2, 0) is 0 Å².